The summed E-state index contributed by atoms with van der Waals surface area (Å²) in [5.41, 5.74) is 2.34. The van der Waals surface area contributed by atoms with Gasteiger partial charge in [0.15, 0.2) is 0 Å². The van der Waals surface area contributed by atoms with Gasteiger partial charge < -0.3 is 5.32 Å². The number of aryl methyl sites for hydroxylation is 2. The van der Waals surface area contributed by atoms with Crippen LogP contribution in [0, 0.1) is 0 Å². The maximum atomic E-state index is 5.88. The normalized spacial score (nSPS) is 13.0. The molecule has 1 atom stereocenters. The van der Waals surface area contributed by atoms with E-state index in [0.29, 0.717) is 11.9 Å². The first-order valence-electron chi connectivity index (χ1n) is 6.21. The van der Waals surface area contributed by atoms with Gasteiger partial charge >= 0.3 is 0 Å². The number of aromatic nitrogens is 2. The quantitative estimate of drug-likeness (QED) is 0.780. The van der Waals surface area contributed by atoms with E-state index in [2.05, 4.69) is 51.8 Å². The minimum atomic E-state index is 0.369. The van der Waals surface area contributed by atoms with Crippen LogP contribution < -0.4 is 5.32 Å². The Morgan fingerprint density at radius 3 is 2.59 bits per heavy atom. The zero-order valence-electron chi connectivity index (χ0n) is 10.8. The highest BCUT2D eigenvalue weighted by Crippen LogP contribution is 2.22. The summed E-state index contributed by atoms with van der Waals surface area (Å²) >= 11 is 9.52. The molecule has 3 nitrogen and oxygen atoms in total. The summed E-state index contributed by atoms with van der Waals surface area (Å²) in [4.78, 5) is 0. The third-order valence-electron chi connectivity index (χ3n) is 2.93. The molecule has 1 unspecified atom stereocenters. The smallest absolute Gasteiger partial charge is 0.0767 e. The number of halogens is 2. The third-order valence-corrected chi connectivity index (χ3v) is 4.22. The zero-order valence-corrected chi connectivity index (χ0v) is 13.1. The van der Waals surface area contributed by atoms with Crippen LogP contribution in [0.4, 0.5) is 0 Å². The summed E-state index contributed by atoms with van der Waals surface area (Å²) in [6.07, 6.45) is 2.00. The van der Waals surface area contributed by atoms with Crippen LogP contribution in [0.15, 0.2) is 4.47 Å². The zero-order chi connectivity index (χ0) is 12.8. The van der Waals surface area contributed by atoms with Crippen molar-refractivity contribution >= 4 is 27.5 Å². The summed E-state index contributed by atoms with van der Waals surface area (Å²) in [5, 5.41) is 8.04. The van der Waals surface area contributed by atoms with Gasteiger partial charge in [-0.1, -0.05) is 13.8 Å². The number of hydrogen-bond donors (Lipinski definition) is 1. The van der Waals surface area contributed by atoms with E-state index < -0.39 is 0 Å². The molecule has 0 saturated carbocycles. The average molecular weight is 323 g/mol. The molecule has 1 aromatic heterocycles. The Bertz CT molecular complexity index is 348. The minimum absolute atomic E-state index is 0.369. The molecule has 0 fully saturated rings. The van der Waals surface area contributed by atoms with E-state index in [1.807, 2.05) is 0 Å². The summed E-state index contributed by atoms with van der Waals surface area (Å²) in [7, 11) is 0. The van der Waals surface area contributed by atoms with Crippen LogP contribution in [0.5, 0.6) is 0 Å². The van der Waals surface area contributed by atoms with Crippen molar-refractivity contribution in [1.29, 1.82) is 0 Å². The topological polar surface area (TPSA) is 29.9 Å². The second-order valence-electron chi connectivity index (χ2n) is 4.02. The molecule has 98 valence electrons. The predicted molar refractivity (Wildman–Crippen MR) is 76.6 cm³/mol. The Labute approximate surface area is 117 Å². The highest BCUT2D eigenvalue weighted by molar-refractivity contribution is 9.10. The Kier molecular flexibility index (Phi) is 6.52. The van der Waals surface area contributed by atoms with E-state index in [0.717, 1.165) is 36.1 Å². The van der Waals surface area contributed by atoms with E-state index in [-0.39, 0.29) is 0 Å². The highest BCUT2D eigenvalue weighted by atomic mass is 79.9. The van der Waals surface area contributed by atoms with Crippen molar-refractivity contribution in [1.82, 2.24) is 15.1 Å². The maximum absolute atomic E-state index is 5.88. The van der Waals surface area contributed by atoms with Gasteiger partial charge in [0.25, 0.3) is 0 Å². The van der Waals surface area contributed by atoms with Gasteiger partial charge in [-0.2, -0.15) is 5.10 Å². The Hall–Kier alpha value is -0.0600. The Morgan fingerprint density at radius 1 is 1.41 bits per heavy atom. The lowest BCUT2D eigenvalue weighted by atomic mass is 10.2. The summed E-state index contributed by atoms with van der Waals surface area (Å²) in [6.45, 7) is 8.09. The molecule has 0 aliphatic rings. The van der Waals surface area contributed by atoms with Crippen molar-refractivity contribution in [3.05, 3.63) is 15.9 Å². The van der Waals surface area contributed by atoms with E-state index in [4.69, 9.17) is 11.6 Å². The third kappa shape index (κ3) is 3.70. The first kappa shape index (κ1) is 15.0. The molecule has 0 aromatic carbocycles. The molecule has 0 saturated heterocycles. The van der Waals surface area contributed by atoms with Crippen LogP contribution >= 0.6 is 27.5 Å². The van der Waals surface area contributed by atoms with E-state index in [1.54, 1.807) is 0 Å². The largest absolute Gasteiger partial charge is 0.307 e. The molecule has 1 rings (SSSR count). The molecule has 0 spiro atoms. The standard InChI is InChI=1S/C12H21BrClN3/c1-4-9(7-14)15-8-11-12(13)10(5-2)16-17(11)6-3/h9,15H,4-8H2,1-3H3. The Balaban J connectivity index is 2.78. The van der Waals surface area contributed by atoms with Crippen molar-refractivity contribution in [2.45, 2.75) is 52.7 Å². The van der Waals surface area contributed by atoms with Crippen molar-refractivity contribution in [3.8, 4) is 0 Å². The van der Waals surface area contributed by atoms with Crippen LogP contribution in [-0.4, -0.2) is 21.7 Å². The maximum Gasteiger partial charge on any atom is 0.0767 e. The van der Waals surface area contributed by atoms with Gasteiger partial charge in [0.1, 0.15) is 0 Å². The Morgan fingerprint density at radius 2 is 2.12 bits per heavy atom. The van der Waals surface area contributed by atoms with Crippen LogP contribution in [0.1, 0.15) is 38.6 Å². The van der Waals surface area contributed by atoms with Crippen LogP contribution in [0.2, 0.25) is 0 Å². The van der Waals surface area contributed by atoms with Crippen molar-refractivity contribution in [2.24, 2.45) is 0 Å². The van der Waals surface area contributed by atoms with E-state index in [1.165, 1.54) is 5.69 Å². The fourth-order valence-electron chi connectivity index (χ4n) is 1.74. The van der Waals surface area contributed by atoms with Crippen molar-refractivity contribution in [2.75, 3.05) is 5.88 Å². The molecule has 0 aliphatic carbocycles. The van der Waals surface area contributed by atoms with Gasteiger partial charge in [0, 0.05) is 25.0 Å². The van der Waals surface area contributed by atoms with Crippen molar-refractivity contribution in [3.63, 3.8) is 0 Å². The number of hydrogen-bond acceptors (Lipinski definition) is 2. The monoisotopic (exact) mass is 321 g/mol. The van der Waals surface area contributed by atoms with Gasteiger partial charge in [-0.3, -0.25) is 4.68 Å². The second kappa shape index (κ2) is 7.39. The SMILES string of the molecule is CCc1nn(CC)c(CNC(CC)CCl)c1Br. The highest BCUT2D eigenvalue weighted by Gasteiger charge is 2.14. The van der Waals surface area contributed by atoms with Crippen LogP contribution in [0.3, 0.4) is 0 Å². The first-order valence-corrected chi connectivity index (χ1v) is 7.53. The molecular weight excluding hydrogens is 302 g/mol. The van der Waals surface area contributed by atoms with Gasteiger partial charge in [-0.15, -0.1) is 11.6 Å². The minimum Gasteiger partial charge on any atom is -0.307 e. The fourth-order valence-corrected chi connectivity index (χ4v) is 2.77. The first-order chi connectivity index (χ1) is 8.17. The second-order valence-corrected chi connectivity index (χ2v) is 5.12. The lowest BCUT2D eigenvalue weighted by molar-refractivity contribution is 0.508. The summed E-state index contributed by atoms with van der Waals surface area (Å²) < 4.78 is 3.19. The molecule has 0 radical (unpaired) electrons. The van der Waals surface area contributed by atoms with Gasteiger partial charge in [-0.05, 0) is 35.7 Å². The number of rotatable bonds is 7. The number of nitrogens with one attached hydrogen (secondary N) is 1. The molecule has 1 aromatic rings. The van der Waals surface area contributed by atoms with Crippen LogP contribution in [-0.2, 0) is 19.5 Å². The average Bonchev–Trinajstić information content (AvgIpc) is 2.67. The lowest BCUT2D eigenvalue weighted by Gasteiger charge is -2.14. The van der Waals surface area contributed by atoms with Crippen molar-refractivity contribution < 1.29 is 0 Å². The van der Waals surface area contributed by atoms with Gasteiger partial charge in [-0.25, -0.2) is 0 Å². The van der Waals surface area contributed by atoms with Crippen LogP contribution in [0.25, 0.3) is 0 Å². The lowest BCUT2D eigenvalue weighted by Crippen LogP contribution is -2.30. The molecule has 0 aliphatic heterocycles. The summed E-state index contributed by atoms with van der Waals surface area (Å²) in [5.74, 6) is 0.648. The molecule has 0 bridgehead atoms. The fraction of sp³-hybridized carbons (Fsp3) is 0.750. The predicted octanol–water partition coefficient (Wildman–Crippen LogP) is 3.33. The van der Waals surface area contributed by atoms with E-state index in [9.17, 15) is 0 Å². The van der Waals surface area contributed by atoms with Gasteiger partial charge in [0.2, 0.25) is 0 Å². The van der Waals surface area contributed by atoms with E-state index >= 15 is 0 Å². The molecule has 1 heterocycles. The molecule has 0 amide bonds. The molecule has 1 N–H and O–H groups in total. The molecular formula is C12H21BrClN3. The number of alkyl halides is 1. The molecule has 17 heavy (non-hydrogen) atoms. The van der Waals surface area contributed by atoms with Gasteiger partial charge in [0.05, 0.1) is 15.9 Å². The summed E-state index contributed by atoms with van der Waals surface area (Å²) in [6, 6.07) is 0.369. The molecule has 5 heteroatoms. The number of nitrogens with zero attached hydrogens (tertiary/aromatic N) is 2.